The molecule has 55 heavy (non-hydrogen) atoms. The largest absolute Gasteiger partial charge is 0.497 e. The number of carbonyl (C=O) groups excluding carboxylic acids is 3. The molecule has 0 radical (unpaired) electrons. The van der Waals surface area contributed by atoms with Gasteiger partial charge >= 0.3 is 5.97 Å². The number of nitrogens with zero attached hydrogens (tertiary/aromatic N) is 4. The average molecular weight is 775 g/mol. The van der Waals surface area contributed by atoms with Crippen LogP contribution in [0.25, 0.3) is 0 Å². The van der Waals surface area contributed by atoms with Gasteiger partial charge in [0.1, 0.15) is 23.4 Å². The Morgan fingerprint density at radius 1 is 1.00 bits per heavy atom. The Labute approximate surface area is 329 Å². The van der Waals surface area contributed by atoms with Crippen LogP contribution in [0.15, 0.2) is 24.3 Å². The van der Waals surface area contributed by atoms with Crippen LogP contribution >= 0.6 is 0 Å². The maximum Gasteiger partial charge on any atom is 0.319 e. The molecule has 1 N–H and O–H groups in total. The molecule has 0 aromatic heterocycles. The van der Waals surface area contributed by atoms with Crippen LogP contribution in [-0.4, -0.2) is 165 Å². The lowest BCUT2D eigenvalue weighted by molar-refractivity contribution is -0.295. The van der Waals surface area contributed by atoms with E-state index in [0.29, 0.717) is 63.4 Å². The van der Waals surface area contributed by atoms with Crippen molar-refractivity contribution in [2.75, 3.05) is 74.1 Å². The number of carbonyl (C=O) groups is 3. The topological polar surface area (TPSA) is 131 Å². The van der Waals surface area contributed by atoms with Gasteiger partial charge in [-0.1, -0.05) is 20.8 Å². The third-order valence-corrected chi connectivity index (χ3v) is 12.2. The predicted octanol–water partition coefficient (Wildman–Crippen LogP) is 3.95. The second-order valence-corrected chi connectivity index (χ2v) is 17.2. The summed E-state index contributed by atoms with van der Waals surface area (Å²) in [6, 6.07) is 6.82. The highest BCUT2D eigenvalue weighted by atomic mass is 16.7. The third kappa shape index (κ3) is 10.7. The average Bonchev–Trinajstić information content (AvgIpc) is 3.15. The molecule has 312 valence electrons. The van der Waals surface area contributed by atoms with E-state index in [9.17, 15) is 19.5 Å². The Bertz CT molecular complexity index is 1420. The minimum atomic E-state index is -1.50. The molecule has 1 aromatic rings. The maximum absolute atomic E-state index is 14.5. The van der Waals surface area contributed by atoms with E-state index in [1.54, 1.807) is 59.3 Å². The summed E-state index contributed by atoms with van der Waals surface area (Å²) in [7, 11) is 7.08. The molecule has 3 heterocycles. The van der Waals surface area contributed by atoms with Crippen LogP contribution in [0.3, 0.4) is 0 Å². The summed E-state index contributed by atoms with van der Waals surface area (Å²) in [6.45, 7) is 19.8. The van der Waals surface area contributed by atoms with Crippen LogP contribution in [0.5, 0.6) is 5.75 Å². The summed E-state index contributed by atoms with van der Waals surface area (Å²) >= 11 is 0. The van der Waals surface area contributed by atoms with Gasteiger partial charge in [0.25, 0.3) is 5.91 Å². The number of cyclic esters (lactones) is 1. The van der Waals surface area contributed by atoms with Crippen molar-refractivity contribution >= 4 is 17.7 Å². The molecule has 0 unspecified atom stereocenters. The first-order valence-electron chi connectivity index (χ1n) is 20.2. The Hall–Kier alpha value is -2.65. The second-order valence-electron chi connectivity index (χ2n) is 17.2. The first-order chi connectivity index (χ1) is 25.9. The van der Waals surface area contributed by atoms with Crippen molar-refractivity contribution in [2.24, 2.45) is 17.3 Å². The van der Waals surface area contributed by atoms with Crippen LogP contribution in [0.4, 0.5) is 0 Å². The van der Waals surface area contributed by atoms with Gasteiger partial charge in [0.05, 0.1) is 31.0 Å². The Morgan fingerprint density at radius 3 is 2.20 bits per heavy atom. The fraction of sp³-hybridized carbons (Fsp3) is 0.786. The number of aliphatic hydroxyl groups is 1. The Kier molecular flexibility index (Phi) is 15.7. The van der Waals surface area contributed by atoms with Crippen LogP contribution in [0.2, 0.25) is 0 Å². The number of hydrogen-bond donors (Lipinski definition) is 1. The van der Waals surface area contributed by atoms with Gasteiger partial charge in [-0.15, -0.1) is 0 Å². The molecular formula is C42H70N4O9. The number of rotatable bonds is 10. The molecule has 10 atom stereocenters. The summed E-state index contributed by atoms with van der Waals surface area (Å²) in [5, 5.41) is 11.5. The zero-order chi connectivity index (χ0) is 40.8. The zero-order valence-electron chi connectivity index (χ0n) is 35.6. The summed E-state index contributed by atoms with van der Waals surface area (Å²) in [5.74, 6) is -0.941. The number of Topliss-reactive ketones (excluding diaryl/α,β-unsaturated/α-hetero) is 1. The number of aliphatic hydroxyl groups excluding tert-OH is 1. The summed E-state index contributed by atoms with van der Waals surface area (Å²) in [4.78, 5) is 50.6. The molecule has 0 aliphatic carbocycles. The van der Waals surface area contributed by atoms with E-state index in [1.165, 1.54) is 0 Å². The van der Waals surface area contributed by atoms with Crippen LogP contribution < -0.4 is 4.74 Å². The molecule has 3 aliphatic heterocycles. The highest BCUT2D eigenvalue weighted by Crippen LogP contribution is 2.39. The van der Waals surface area contributed by atoms with Gasteiger partial charge in [-0.05, 0) is 105 Å². The summed E-state index contributed by atoms with van der Waals surface area (Å²) in [5.41, 5.74) is -1.85. The molecule has 3 fully saturated rings. The van der Waals surface area contributed by atoms with Crippen molar-refractivity contribution in [3.8, 4) is 5.75 Å². The molecule has 1 aromatic carbocycles. The molecule has 0 bridgehead atoms. The van der Waals surface area contributed by atoms with Crippen LogP contribution in [0.1, 0.15) is 85.0 Å². The number of piperazine rings is 1. The summed E-state index contributed by atoms with van der Waals surface area (Å²) < 4.78 is 30.8. The molecule has 3 saturated heterocycles. The minimum Gasteiger partial charge on any atom is -0.497 e. The van der Waals surface area contributed by atoms with Crippen molar-refractivity contribution < 1.29 is 43.2 Å². The number of methoxy groups -OCH3 is 2. The number of likely N-dealkylation sites (N-methyl/N-ethyl adjacent to an activating group) is 1. The van der Waals surface area contributed by atoms with E-state index in [4.69, 9.17) is 23.7 Å². The number of benzene rings is 1. The molecule has 4 rings (SSSR count). The van der Waals surface area contributed by atoms with Crippen molar-refractivity contribution in [2.45, 2.75) is 123 Å². The highest BCUT2D eigenvalue weighted by molar-refractivity contribution is 6.04. The lowest BCUT2D eigenvalue weighted by Gasteiger charge is -2.47. The minimum absolute atomic E-state index is 0.00528. The summed E-state index contributed by atoms with van der Waals surface area (Å²) in [6.07, 6.45) is -1.44. The number of ketones is 1. The van der Waals surface area contributed by atoms with Gasteiger partial charge in [-0.25, -0.2) is 0 Å². The van der Waals surface area contributed by atoms with E-state index in [0.717, 1.165) is 13.0 Å². The molecule has 13 nitrogen and oxygen atoms in total. The van der Waals surface area contributed by atoms with Crippen LogP contribution in [-0.2, 0) is 28.5 Å². The van der Waals surface area contributed by atoms with Gasteiger partial charge in [0.15, 0.2) is 12.1 Å². The molecule has 1 amide bonds. The second kappa shape index (κ2) is 19.2. The normalized spacial score (nSPS) is 34.7. The van der Waals surface area contributed by atoms with Crippen molar-refractivity contribution in [3.63, 3.8) is 0 Å². The number of hydrogen-bond acceptors (Lipinski definition) is 12. The highest BCUT2D eigenvalue weighted by Gasteiger charge is 2.52. The van der Waals surface area contributed by atoms with E-state index in [-0.39, 0.29) is 35.8 Å². The van der Waals surface area contributed by atoms with E-state index >= 15 is 0 Å². The number of ether oxygens (including phenoxy) is 5. The maximum atomic E-state index is 14.5. The van der Waals surface area contributed by atoms with Gasteiger partial charge in [0, 0.05) is 63.9 Å². The monoisotopic (exact) mass is 775 g/mol. The standard InChI is InChI=1S/C42H70N4O9/c1-13-18-46-25-27(2)24-42(8,52-12)37(55-39-35(47)33(43(9)10)23-28(3)53-39)29(4)36(48)41(6,7)40(50)54-30(5)34(46)26-44-19-21-45(22-20-44)38(49)31-14-16-32(51-11)17-15-31/h14-17,27-30,33-35,37,39,47H,13,18-26H2,1-12H3/t27-,28-,29+,30+,33+,34+,35-,37-,39+,42-/m1/s1. The lowest BCUT2D eigenvalue weighted by Crippen LogP contribution is -2.59. The molecular weight excluding hydrogens is 704 g/mol. The molecule has 0 saturated carbocycles. The van der Waals surface area contributed by atoms with E-state index < -0.39 is 47.5 Å². The third-order valence-electron chi connectivity index (χ3n) is 12.2. The van der Waals surface area contributed by atoms with Crippen molar-refractivity contribution in [1.82, 2.24) is 19.6 Å². The fourth-order valence-corrected chi connectivity index (χ4v) is 8.82. The Morgan fingerprint density at radius 2 is 1.64 bits per heavy atom. The quantitative estimate of drug-likeness (QED) is 0.273. The predicted molar refractivity (Wildman–Crippen MR) is 211 cm³/mol. The Balaban J connectivity index is 1.61. The first-order valence-corrected chi connectivity index (χ1v) is 20.2. The molecule has 3 aliphatic rings. The van der Waals surface area contributed by atoms with Gasteiger partial charge in [-0.2, -0.15) is 0 Å². The molecule has 13 heteroatoms. The smallest absolute Gasteiger partial charge is 0.319 e. The fourth-order valence-electron chi connectivity index (χ4n) is 8.82. The van der Waals surface area contributed by atoms with Gasteiger partial charge in [0.2, 0.25) is 0 Å². The van der Waals surface area contributed by atoms with E-state index in [1.807, 2.05) is 44.7 Å². The zero-order valence-corrected chi connectivity index (χ0v) is 35.6. The van der Waals surface area contributed by atoms with Crippen LogP contribution in [0, 0.1) is 17.3 Å². The first kappa shape index (κ1) is 45.1. The van der Waals surface area contributed by atoms with Gasteiger partial charge < -0.3 is 38.6 Å². The van der Waals surface area contributed by atoms with E-state index in [2.05, 4.69) is 23.6 Å². The van der Waals surface area contributed by atoms with Gasteiger partial charge in [-0.3, -0.25) is 24.2 Å². The van der Waals surface area contributed by atoms with Crippen molar-refractivity contribution in [1.29, 1.82) is 0 Å². The SMILES string of the molecule is CCCN1C[C@H](C)C[C@@](C)(OC)[C@H](O[C@@H]2O[C@H](C)C[C@H](N(C)C)[C@H]2O)[C@@H](C)C(=O)C(C)(C)C(=O)O[C@@H](C)[C@@H]1CN1CCN(C(=O)c2ccc(OC)cc2)CC1. The van der Waals surface area contributed by atoms with Crippen molar-refractivity contribution in [3.05, 3.63) is 29.8 Å². The number of amides is 1. The molecule has 0 spiro atoms. The number of esters is 1. The lowest BCUT2D eigenvalue weighted by atomic mass is 9.74.